The van der Waals surface area contributed by atoms with Gasteiger partial charge in [-0.2, -0.15) is 0 Å². The van der Waals surface area contributed by atoms with Gasteiger partial charge in [-0.05, 0) is 112 Å². The predicted octanol–water partition coefficient (Wildman–Crippen LogP) is 3.57. The van der Waals surface area contributed by atoms with Crippen molar-refractivity contribution in [3.8, 4) is 0 Å². The Kier molecular flexibility index (Phi) is 23.5. The Balaban J connectivity index is 1.37. The molecule has 0 spiro atoms. The summed E-state index contributed by atoms with van der Waals surface area (Å²) in [7, 11) is 10.1. The monoisotopic (exact) mass is 1140 g/mol. The average molecular weight is 1140 g/mol. The molecule has 23 heteroatoms. The van der Waals surface area contributed by atoms with Gasteiger partial charge in [-0.15, -0.1) is 0 Å². The first-order chi connectivity index (χ1) is 37.4. The van der Waals surface area contributed by atoms with Crippen molar-refractivity contribution in [1.82, 2.24) is 14.9 Å². The second kappa shape index (κ2) is 28.3. The lowest BCUT2D eigenvalue weighted by Gasteiger charge is -2.49. The van der Waals surface area contributed by atoms with Crippen molar-refractivity contribution in [3.63, 3.8) is 0 Å². The number of cyclic esters (lactones) is 1. The summed E-state index contributed by atoms with van der Waals surface area (Å²) in [6.45, 7) is 17.5. The summed E-state index contributed by atoms with van der Waals surface area (Å²) < 4.78 is 51.6. The Morgan fingerprint density at radius 3 is 2.23 bits per heavy atom. The molecular weight excluding hydrogens is 1040 g/mol. The number of benzene rings is 1. The molecule has 1 aromatic carbocycles. The number of carboxylic acid groups (broad SMARTS) is 1. The summed E-state index contributed by atoms with van der Waals surface area (Å²) in [6.07, 6.45) is -7.65. The molecule has 0 amide bonds. The first-order valence-electron chi connectivity index (χ1n) is 28.0. The number of carbonyl (C=O) groups excluding carboxylic acids is 2. The molecule has 0 radical (unpaired) electrons. The van der Waals surface area contributed by atoms with Crippen LogP contribution in [-0.2, 0) is 58.7 Å². The van der Waals surface area contributed by atoms with Gasteiger partial charge in [-0.1, -0.05) is 38.9 Å². The van der Waals surface area contributed by atoms with Crippen LogP contribution in [0.5, 0.6) is 0 Å². The lowest BCUT2D eigenvalue weighted by Crippen LogP contribution is -2.61. The lowest BCUT2D eigenvalue weighted by molar-refractivity contribution is -0.318. The number of methoxy groups -OCH3 is 2. The van der Waals surface area contributed by atoms with E-state index in [4.69, 9.17) is 42.7 Å². The fourth-order valence-corrected chi connectivity index (χ4v) is 11.9. The molecule has 3 aliphatic heterocycles. The van der Waals surface area contributed by atoms with E-state index < -0.39 is 119 Å². The summed E-state index contributed by atoms with van der Waals surface area (Å²) in [4.78, 5) is 60.5. The minimum Gasteiger partial charge on any atom is -0.477 e. The van der Waals surface area contributed by atoms with Gasteiger partial charge in [0.05, 0.1) is 59.7 Å². The minimum atomic E-state index is -2.01. The van der Waals surface area contributed by atoms with Crippen molar-refractivity contribution in [2.45, 2.75) is 198 Å². The number of oxime groups is 1. The molecule has 0 unspecified atom stereocenters. The number of carbonyl (C=O) groups is 3. The predicted molar refractivity (Wildman–Crippen MR) is 297 cm³/mol. The van der Waals surface area contributed by atoms with Crippen LogP contribution in [0.2, 0.25) is 0 Å². The molecule has 3 aliphatic rings. The van der Waals surface area contributed by atoms with Gasteiger partial charge < -0.3 is 83.5 Å². The van der Waals surface area contributed by atoms with Gasteiger partial charge in [0.25, 0.3) is 0 Å². The van der Waals surface area contributed by atoms with Crippen molar-refractivity contribution in [2.75, 3.05) is 67.3 Å². The molecule has 5 rings (SSSR count). The number of ether oxygens (including phenoxy) is 8. The van der Waals surface area contributed by atoms with Crippen LogP contribution in [0.25, 0.3) is 10.9 Å². The van der Waals surface area contributed by atoms with E-state index in [0.717, 1.165) is 5.56 Å². The van der Waals surface area contributed by atoms with E-state index in [9.17, 15) is 44.7 Å². The first kappa shape index (κ1) is 66.4. The molecule has 18 atom stereocenters. The van der Waals surface area contributed by atoms with Gasteiger partial charge in [-0.3, -0.25) is 19.1 Å². The number of hydrogen-bond acceptors (Lipinski definition) is 21. The highest BCUT2D eigenvalue weighted by molar-refractivity contribution is 5.93. The Hall–Kier alpha value is -4.37. The number of esters is 2. The van der Waals surface area contributed by atoms with Crippen LogP contribution in [0.15, 0.2) is 34.3 Å². The zero-order valence-corrected chi connectivity index (χ0v) is 49.9. The van der Waals surface area contributed by atoms with Crippen LogP contribution in [0.1, 0.15) is 124 Å². The van der Waals surface area contributed by atoms with E-state index in [1.807, 2.05) is 32.0 Å². The zero-order valence-electron chi connectivity index (χ0n) is 49.9. The third kappa shape index (κ3) is 15.6. The van der Waals surface area contributed by atoms with Gasteiger partial charge in [0.2, 0.25) is 12.2 Å². The fourth-order valence-electron chi connectivity index (χ4n) is 11.9. The van der Waals surface area contributed by atoms with Crippen LogP contribution in [0.4, 0.5) is 0 Å². The number of nitrogens with zero attached hydrogens (tertiary/aromatic N) is 4. The van der Waals surface area contributed by atoms with Gasteiger partial charge in [-0.25, -0.2) is 4.79 Å². The maximum Gasteiger partial charge on any atom is 0.341 e. The standard InChI is InChI=1S/C57H93N5O18/c1-17-42-57(10,71)49(66)33(4)45(59-74-30-72-15)31(2)27-55(8,70)50(80-54-47(65)41(60(11)12)25-32(3)75-54)34(5)48(35(6)53(69)77-42)79-44-28-56(9,73-16)51(36(7)76-44)78-43(63)22-24-58-23-18-19-37-20-21-40-38(26-37)46(64)39(52(67)68)29-62(40)61(13)14/h20-21,26,29,31-36,41-42,44,47-51,54,58,65-66,70-71H,17-19,22-25,27-28,30H2,1-16H3,(H,67,68)/b59-45+/t31-,32-,33+,34+,35-,36+,41+,42-,44+,47-,48+,49-,50-,51+,54+,55-,56-,57-/m1/s1. The van der Waals surface area contributed by atoms with E-state index >= 15 is 0 Å². The number of fused-ring (bicyclic) bond motifs is 1. The van der Waals surface area contributed by atoms with Crippen LogP contribution in [0.3, 0.4) is 0 Å². The molecule has 3 saturated heterocycles. The number of rotatable bonds is 20. The lowest BCUT2D eigenvalue weighted by atomic mass is 9.73. The number of aliphatic hydroxyl groups excluding tert-OH is 2. The van der Waals surface area contributed by atoms with Gasteiger partial charge in [0.1, 0.15) is 29.0 Å². The van der Waals surface area contributed by atoms with Crippen LogP contribution >= 0.6 is 0 Å². The van der Waals surface area contributed by atoms with Crippen LogP contribution < -0.4 is 15.8 Å². The number of carboxylic acids is 1. The number of aliphatic hydroxyl groups is 4. The number of aromatic nitrogens is 1. The maximum atomic E-state index is 14.6. The molecule has 80 heavy (non-hydrogen) atoms. The van der Waals surface area contributed by atoms with Crippen molar-refractivity contribution in [1.29, 1.82) is 0 Å². The van der Waals surface area contributed by atoms with E-state index in [1.54, 1.807) is 91.3 Å². The number of aryl methyl sites for hydroxylation is 1. The van der Waals surface area contributed by atoms with Gasteiger partial charge in [0.15, 0.2) is 18.7 Å². The van der Waals surface area contributed by atoms with Crippen molar-refractivity contribution in [2.24, 2.45) is 28.8 Å². The highest BCUT2D eigenvalue weighted by atomic mass is 16.7. The number of aromatic carboxylic acids is 1. The number of hydrogen-bond donors (Lipinski definition) is 6. The quantitative estimate of drug-likeness (QED) is 0.0478. The van der Waals surface area contributed by atoms with E-state index in [-0.39, 0.29) is 55.9 Å². The van der Waals surface area contributed by atoms with Gasteiger partial charge in [0, 0.05) is 76.7 Å². The summed E-state index contributed by atoms with van der Waals surface area (Å²) in [6, 6.07) is 5.05. The first-order valence-corrected chi connectivity index (χ1v) is 28.0. The summed E-state index contributed by atoms with van der Waals surface area (Å²) in [5.41, 5.74) is -4.17. The molecule has 454 valence electrons. The van der Waals surface area contributed by atoms with Crippen molar-refractivity contribution >= 4 is 34.5 Å². The smallest absolute Gasteiger partial charge is 0.341 e. The average Bonchev–Trinajstić information content (AvgIpc) is 3.39. The molecular formula is C57H93N5O18. The second-order valence-electron chi connectivity index (χ2n) is 23.4. The maximum absolute atomic E-state index is 14.6. The molecule has 0 saturated carbocycles. The fraction of sp³-hybridized carbons (Fsp3) is 0.772. The van der Waals surface area contributed by atoms with Crippen LogP contribution in [-0.4, -0.2) is 205 Å². The Morgan fingerprint density at radius 2 is 1.61 bits per heavy atom. The topological polar surface area (TPSA) is 288 Å². The van der Waals surface area contributed by atoms with Crippen molar-refractivity contribution in [3.05, 3.63) is 45.7 Å². The highest BCUT2D eigenvalue weighted by Gasteiger charge is 2.54. The third-order valence-corrected chi connectivity index (χ3v) is 16.5. The van der Waals surface area contributed by atoms with E-state index in [2.05, 4.69) is 10.5 Å². The van der Waals surface area contributed by atoms with E-state index in [0.29, 0.717) is 43.3 Å². The van der Waals surface area contributed by atoms with E-state index in [1.165, 1.54) is 27.3 Å². The molecule has 0 bridgehead atoms. The minimum absolute atomic E-state index is 0.00744. The third-order valence-electron chi connectivity index (χ3n) is 16.5. The van der Waals surface area contributed by atoms with Crippen LogP contribution in [0, 0.1) is 23.7 Å². The largest absolute Gasteiger partial charge is 0.477 e. The summed E-state index contributed by atoms with van der Waals surface area (Å²) >= 11 is 0. The molecule has 2 aromatic rings. The molecule has 4 heterocycles. The molecule has 23 nitrogen and oxygen atoms in total. The number of likely N-dealkylation sites (N-methyl/N-ethyl adjacent to an activating group) is 1. The molecule has 3 fully saturated rings. The summed E-state index contributed by atoms with van der Waals surface area (Å²) in [5.74, 6) is -6.21. The Bertz CT molecular complexity index is 2470. The Morgan fingerprint density at radius 1 is 0.925 bits per heavy atom. The second-order valence-corrected chi connectivity index (χ2v) is 23.4. The highest BCUT2D eigenvalue weighted by Crippen LogP contribution is 2.42. The Labute approximate surface area is 471 Å². The summed E-state index contributed by atoms with van der Waals surface area (Å²) in [5, 5.41) is 68.1. The van der Waals surface area contributed by atoms with Gasteiger partial charge >= 0.3 is 17.9 Å². The molecule has 6 N–H and O–H groups in total. The normalized spacial score (nSPS) is 36.3. The molecule has 1 aromatic heterocycles. The SMILES string of the molecule is CC[C@H]1OC(=O)[C@H](C)[C@@H](O[C@H]2C[C@@](C)(OC)[C@@H](OC(=O)CCNCCCc3ccc4c(c3)c(=O)c(C(=O)O)cn4N(C)C)[C@H](C)O2)[C@H](C)[C@@H](O[C@@H]2O[C@H](C)C[C@H](N(C)C)[C@H]2O)[C@](C)(O)C[C@@H](C)/C(=N\OCOC)[C@H](C)[C@@H](O)[C@]1(C)O. The number of pyridine rings is 1. The molecule has 0 aliphatic carbocycles. The number of nitrogens with one attached hydrogen (secondary N) is 1. The van der Waals surface area contributed by atoms with Crippen molar-refractivity contribution < 1.29 is 82.6 Å². The zero-order chi connectivity index (χ0) is 59.8.